The Morgan fingerprint density at radius 2 is 1.88 bits per heavy atom. The summed E-state index contributed by atoms with van der Waals surface area (Å²) in [5.41, 5.74) is -0.495. The Bertz CT molecular complexity index is 358. The lowest BCUT2D eigenvalue weighted by Crippen LogP contribution is -2.38. The van der Waals surface area contributed by atoms with E-state index in [-0.39, 0.29) is 17.6 Å². The van der Waals surface area contributed by atoms with Crippen molar-refractivity contribution in [2.24, 2.45) is 0 Å². The molecule has 0 aromatic heterocycles. The number of alkyl halides is 1. The van der Waals surface area contributed by atoms with Crippen molar-refractivity contribution in [3.05, 3.63) is 35.4 Å². The molecule has 0 aliphatic carbocycles. The first-order valence-corrected chi connectivity index (χ1v) is 5.14. The monoisotopic (exact) mass is 231 g/mol. The van der Waals surface area contributed by atoms with Gasteiger partial charge in [0, 0.05) is 17.6 Å². The molecule has 0 amide bonds. The van der Waals surface area contributed by atoms with Gasteiger partial charge in [0.05, 0.1) is 0 Å². The van der Waals surface area contributed by atoms with Crippen molar-refractivity contribution in [1.29, 1.82) is 0 Å². The Labute approximate surface area is 93.7 Å². The molecule has 1 rings (SSSR count). The van der Waals surface area contributed by atoms with Crippen LogP contribution in [-0.4, -0.2) is 12.1 Å². The number of nitrogens with one attached hydrogen (secondary N) is 1. The third-order valence-electron chi connectivity index (χ3n) is 2.13. The van der Waals surface area contributed by atoms with Crippen molar-refractivity contribution in [2.45, 2.75) is 32.5 Å². The van der Waals surface area contributed by atoms with E-state index in [9.17, 15) is 13.2 Å². The van der Waals surface area contributed by atoms with E-state index in [1.807, 2.05) is 20.8 Å². The highest BCUT2D eigenvalue weighted by atomic mass is 19.2. The zero-order chi connectivity index (χ0) is 12.3. The van der Waals surface area contributed by atoms with Crippen LogP contribution in [0.4, 0.5) is 13.2 Å². The molecule has 0 aliphatic rings. The van der Waals surface area contributed by atoms with E-state index in [4.69, 9.17) is 0 Å². The van der Waals surface area contributed by atoms with Crippen molar-refractivity contribution in [3.63, 3.8) is 0 Å². The van der Waals surface area contributed by atoms with Crippen LogP contribution in [-0.2, 0) is 0 Å². The van der Waals surface area contributed by atoms with Gasteiger partial charge in [0.25, 0.3) is 0 Å². The fourth-order valence-corrected chi connectivity index (χ4v) is 1.27. The summed E-state index contributed by atoms with van der Waals surface area (Å²) in [6, 6.07) is 3.54. The smallest absolute Gasteiger partial charge is 0.164 e. The molecular weight excluding hydrogens is 215 g/mol. The Morgan fingerprint density at radius 3 is 2.44 bits per heavy atom. The average molecular weight is 231 g/mol. The Kier molecular flexibility index (Phi) is 3.97. The maximum absolute atomic E-state index is 13.6. The van der Waals surface area contributed by atoms with Gasteiger partial charge in [-0.25, -0.2) is 13.2 Å². The molecule has 4 heteroatoms. The summed E-state index contributed by atoms with van der Waals surface area (Å²) in [5.74, 6) is -2.12. The average Bonchev–Trinajstić information content (AvgIpc) is 2.17. The molecule has 0 fully saturated rings. The number of hydrogen-bond donors (Lipinski definition) is 1. The van der Waals surface area contributed by atoms with Crippen LogP contribution < -0.4 is 5.32 Å². The van der Waals surface area contributed by atoms with Crippen LogP contribution >= 0.6 is 0 Å². The molecule has 0 saturated carbocycles. The molecule has 0 radical (unpaired) electrons. The van der Waals surface area contributed by atoms with Crippen LogP contribution in [0.1, 0.15) is 32.5 Å². The van der Waals surface area contributed by atoms with Crippen molar-refractivity contribution in [1.82, 2.24) is 5.32 Å². The van der Waals surface area contributed by atoms with Gasteiger partial charge in [0.1, 0.15) is 6.17 Å². The van der Waals surface area contributed by atoms with E-state index < -0.39 is 17.8 Å². The molecule has 1 aromatic rings. The van der Waals surface area contributed by atoms with Crippen molar-refractivity contribution < 1.29 is 13.2 Å². The first-order valence-electron chi connectivity index (χ1n) is 5.14. The number of halogens is 3. The standard InChI is InChI=1S/C12H16F3N/c1-12(2,3)16-7-10(14)8-5-4-6-9(13)11(8)15/h4-6,10,16H,7H2,1-3H3. The molecule has 1 N–H and O–H groups in total. The molecule has 1 atom stereocenters. The fourth-order valence-electron chi connectivity index (χ4n) is 1.27. The highest BCUT2D eigenvalue weighted by Gasteiger charge is 2.19. The number of rotatable bonds is 3. The van der Waals surface area contributed by atoms with Gasteiger partial charge in [0.15, 0.2) is 11.6 Å². The second-order valence-corrected chi connectivity index (χ2v) is 4.74. The number of hydrogen-bond acceptors (Lipinski definition) is 1. The van der Waals surface area contributed by atoms with Gasteiger partial charge in [-0.15, -0.1) is 0 Å². The minimum absolute atomic E-state index is 0.0378. The largest absolute Gasteiger partial charge is 0.309 e. The Morgan fingerprint density at radius 1 is 1.25 bits per heavy atom. The lowest BCUT2D eigenvalue weighted by Gasteiger charge is -2.22. The predicted octanol–water partition coefficient (Wildman–Crippen LogP) is 3.36. The zero-order valence-corrected chi connectivity index (χ0v) is 9.65. The summed E-state index contributed by atoms with van der Waals surface area (Å²) < 4.78 is 39.7. The quantitative estimate of drug-likeness (QED) is 0.841. The van der Waals surface area contributed by atoms with Crippen molar-refractivity contribution >= 4 is 0 Å². The molecule has 0 spiro atoms. The van der Waals surface area contributed by atoms with Crippen LogP contribution in [0.15, 0.2) is 18.2 Å². The van der Waals surface area contributed by atoms with E-state index in [0.29, 0.717) is 0 Å². The lowest BCUT2D eigenvalue weighted by atomic mass is 10.1. The first kappa shape index (κ1) is 13.0. The maximum Gasteiger partial charge on any atom is 0.164 e. The molecule has 0 saturated heterocycles. The predicted molar refractivity (Wildman–Crippen MR) is 58.0 cm³/mol. The molecular formula is C12H16F3N. The third-order valence-corrected chi connectivity index (χ3v) is 2.13. The summed E-state index contributed by atoms with van der Waals surface area (Å²) in [5, 5.41) is 2.90. The molecule has 0 bridgehead atoms. The van der Waals surface area contributed by atoms with Crippen LogP contribution in [0.3, 0.4) is 0 Å². The van der Waals surface area contributed by atoms with Crippen LogP contribution in [0.2, 0.25) is 0 Å². The van der Waals surface area contributed by atoms with Gasteiger partial charge < -0.3 is 5.32 Å². The summed E-state index contributed by atoms with van der Waals surface area (Å²) in [7, 11) is 0. The number of benzene rings is 1. The zero-order valence-electron chi connectivity index (χ0n) is 9.65. The minimum Gasteiger partial charge on any atom is -0.309 e. The summed E-state index contributed by atoms with van der Waals surface area (Å²) in [6.07, 6.45) is -1.55. The van der Waals surface area contributed by atoms with Crippen LogP contribution in [0.5, 0.6) is 0 Å². The lowest BCUT2D eigenvalue weighted by molar-refractivity contribution is 0.282. The van der Waals surface area contributed by atoms with Gasteiger partial charge in [-0.3, -0.25) is 0 Å². The Hall–Kier alpha value is -1.03. The van der Waals surface area contributed by atoms with Gasteiger partial charge >= 0.3 is 0 Å². The van der Waals surface area contributed by atoms with E-state index in [2.05, 4.69) is 5.32 Å². The summed E-state index contributed by atoms with van der Waals surface area (Å²) >= 11 is 0. The summed E-state index contributed by atoms with van der Waals surface area (Å²) in [6.45, 7) is 5.59. The molecule has 0 heterocycles. The van der Waals surface area contributed by atoms with Gasteiger partial charge in [0.2, 0.25) is 0 Å². The van der Waals surface area contributed by atoms with Gasteiger partial charge in [-0.05, 0) is 26.8 Å². The van der Waals surface area contributed by atoms with E-state index >= 15 is 0 Å². The second-order valence-electron chi connectivity index (χ2n) is 4.74. The van der Waals surface area contributed by atoms with Crippen LogP contribution in [0, 0.1) is 11.6 Å². The van der Waals surface area contributed by atoms with E-state index in [0.717, 1.165) is 6.07 Å². The summed E-state index contributed by atoms with van der Waals surface area (Å²) in [4.78, 5) is 0. The topological polar surface area (TPSA) is 12.0 Å². The van der Waals surface area contributed by atoms with Gasteiger partial charge in [-0.1, -0.05) is 12.1 Å². The molecule has 1 nitrogen and oxygen atoms in total. The minimum atomic E-state index is -1.55. The molecule has 16 heavy (non-hydrogen) atoms. The highest BCUT2D eigenvalue weighted by molar-refractivity contribution is 5.21. The van der Waals surface area contributed by atoms with E-state index in [1.54, 1.807) is 0 Å². The normalized spacial score (nSPS) is 13.9. The first-order chi connectivity index (χ1) is 7.31. The second kappa shape index (κ2) is 4.87. The third kappa shape index (κ3) is 3.52. The molecule has 1 unspecified atom stereocenters. The van der Waals surface area contributed by atoms with Crippen molar-refractivity contribution in [3.8, 4) is 0 Å². The molecule has 1 aromatic carbocycles. The SMILES string of the molecule is CC(C)(C)NCC(F)c1cccc(F)c1F. The Balaban J connectivity index is 2.73. The van der Waals surface area contributed by atoms with Gasteiger partial charge in [-0.2, -0.15) is 0 Å². The molecule has 0 aliphatic heterocycles. The highest BCUT2D eigenvalue weighted by Crippen LogP contribution is 2.22. The van der Waals surface area contributed by atoms with Crippen LogP contribution in [0.25, 0.3) is 0 Å². The van der Waals surface area contributed by atoms with Crippen molar-refractivity contribution in [2.75, 3.05) is 6.54 Å². The molecule has 90 valence electrons. The maximum atomic E-state index is 13.6. The fraction of sp³-hybridized carbons (Fsp3) is 0.500. The van der Waals surface area contributed by atoms with E-state index in [1.165, 1.54) is 12.1 Å².